The van der Waals surface area contributed by atoms with Crippen LogP contribution in [0.5, 0.6) is 0 Å². The topological polar surface area (TPSA) is 63.6 Å². The lowest BCUT2D eigenvalue weighted by atomic mass is 9.75. The minimum absolute atomic E-state index is 0.0631. The lowest BCUT2D eigenvalue weighted by Crippen LogP contribution is -2.51. The average molecular weight is 200 g/mol. The molecule has 0 unspecified atom stereocenters. The first-order valence-electron chi connectivity index (χ1n) is 4.94. The van der Waals surface area contributed by atoms with Gasteiger partial charge in [0, 0.05) is 6.42 Å². The van der Waals surface area contributed by atoms with E-state index in [0.29, 0.717) is 19.3 Å². The quantitative estimate of drug-likeness (QED) is 0.665. The van der Waals surface area contributed by atoms with E-state index in [2.05, 4.69) is 0 Å². The van der Waals surface area contributed by atoms with E-state index in [0.717, 1.165) is 0 Å². The second-order valence-electron chi connectivity index (χ2n) is 3.69. The summed E-state index contributed by atoms with van der Waals surface area (Å²) in [4.78, 5) is 22.8. The van der Waals surface area contributed by atoms with Gasteiger partial charge in [-0.1, -0.05) is 6.92 Å². The van der Waals surface area contributed by atoms with Crippen LogP contribution in [0.15, 0.2) is 0 Å². The Labute approximate surface area is 83.2 Å². The summed E-state index contributed by atoms with van der Waals surface area (Å²) >= 11 is 0. The molecule has 1 aliphatic carbocycles. The molecule has 80 valence electrons. The Morgan fingerprint density at radius 1 is 1.71 bits per heavy atom. The molecule has 0 aliphatic heterocycles. The van der Waals surface area contributed by atoms with Gasteiger partial charge in [-0.2, -0.15) is 0 Å². The molecular formula is C10H16O4. The van der Waals surface area contributed by atoms with Crippen molar-refractivity contribution in [1.82, 2.24) is 0 Å². The molecule has 1 saturated carbocycles. The van der Waals surface area contributed by atoms with E-state index in [1.165, 1.54) is 0 Å². The molecule has 0 spiro atoms. The molecule has 4 nitrogen and oxygen atoms in total. The van der Waals surface area contributed by atoms with Gasteiger partial charge < -0.3 is 9.84 Å². The Balaban J connectivity index is 2.80. The van der Waals surface area contributed by atoms with Crippen LogP contribution in [-0.2, 0) is 14.3 Å². The van der Waals surface area contributed by atoms with Crippen LogP contribution in [0.25, 0.3) is 0 Å². The molecule has 0 bridgehead atoms. The van der Waals surface area contributed by atoms with Gasteiger partial charge in [0.25, 0.3) is 0 Å². The minimum atomic E-state index is -1.59. The van der Waals surface area contributed by atoms with Crippen LogP contribution in [0, 0.1) is 5.92 Å². The Bertz CT molecular complexity index is 249. The van der Waals surface area contributed by atoms with Gasteiger partial charge in [0.15, 0.2) is 5.60 Å². The molecular weight excluding hydrogens is 184 g/mol. The van der Waals surface area contributed by atoms with E-state index < -0.39 is 17.5 Å². The van der Waals surface area contributed by atoms with E-state index in [9.17, 15) is 14.7 Å². The third kappa shape index (κ3) is 1.80. The summed E-state index contributed by atoms with van der Waals surface area (Å²) in [6.07, 6.45) is 1.32. The summed E-state index contributed by atoms with van der Waals surface area (Å²) in [7, 11) is 0. The predicted octanol–water partition coefficient (Wildman–Crippen LogP) is 0.670. The number of carbonyl (C=O) groups excluding carboxylic acids is 2. The average Bonchev–Trinajstić information content (AvgIpc) is 2.14. The third-order valence-corrected chi connectivity index (χ3v) is 2.81. The van der Waals surface area contributed by atoms with Crippen molar-refractivity contribution in [2.75, 3.05) is 6.61 Å². The van der Waals surface area contributed by atoms with Crippen molar-refractivity contribution in [3.63, 3.8) is 0 Å². The Morgan fingerprint density at radius 2 is 2.36 bits per heavy atom. The molecule has 2 atom stereocenters. The zero-order valence-corrected chi connectivity index (χ0v) is 8.58. The first-order chi connectivity index (χ1) is 6.52. The number of rotatable bonds is 2. The molecule has 0 radical (unpaired) electrons. The van der Waals surface area contributed by atoms with Crippen LogP contribution in [0.1, 0.15) is 33.1 Å². The Kier molecular flexibility index (Phi) is 3.26. The number of carbonyl (C=O) groups is 2. The number of hydrogen-bond donors (Lipinski definition) is 1. The standard InChI is InChI=1S/C10H16O4/c1-3-14-9(12)10(13)6-4-5-8(11)7(10)2/h7,13H,3-6H2,1-2H3/t7-,10+/m1/s1. The highest BCUT2D eigenvalue weighted by Gasteiger charge is 2.48. The molecule has 0 aromatic carbocycles. The van der Waals surface area contributed by atoms with E-state index in [1.54, 1.807) is 13.8 Å². The van der Waals surface area contributed by atoms with Crippen molar-refractivity contribution in [2.45, 2.75) is 38.7 Å². The van der Waals surface area contributed by atoms with Crippen LogP contribution >= 0.6 is 0 Å². The number of ether oxygens (including phenoxy) is 1. The summed E-state index contributed by atoms with van der Waals surface area (Å²) in [6, 6.07) is 0. The first kappa shape index (κ1) is 11.2. The summed E-state index contributed by atoms with van der Waals surface area (Å²) in [5, 5.41) is 10.0. The van der Waals surface area contributed by atoms with Crippen molar-refractivity contribution in [3.05, 3.63) is 0 Å². The van der Waals surface area contributed by atoms with Gasteiger partial charge in [0.05, 0.1) is 12.5 Å². The van der Waals surface area contributed by atoms with Gasteiger partial charge in [0.2, 0.25) is 0 Å². The van der Waals surface area contributed by atoms with Crippen LogP contribution in [0.2, 0.25) is 0 Å². The molecule has 1 aliphatic rings. The predicted molar refractivity (Wildman–Crippen MR) is 49.6 cm³/mol. The fourth-order valence-electron chi connectivity index (χ4n) is 1.77. The van der Waals surface area contributed by atoms with Crippen LogP contribution in [0.3, 0.4) is 0 Å². The number of esters is 1. The number of hydrogen-bond acceptors (Lipinski definition) is 4. The SMILES string of the molecule is CCOC(=O)[C@]1(O)CCCC(=O)[C@H]1C. The summed E-state index contributed by atoms with van der Waals surface area (Å²) in [5.41, 5.74) is -1.59. The normalized spacial score (nSPS) is 32.8. The maximum Gasteiger partial charge on any atom is 0.338 e. The highest BCUT2D eigenvalue weighted by Crippen LogP contribution is 2.32. The van der Waals surface area contributed by atoms with Gasteiger partial charge in [-0.15, -0.1) is 0 Å². The first-order valence-corrected chi connectivity index (χ1v) is 4.94. The van der Waals surface area contributed by atoms with E-state index in [-0.39, 0.29) is 12.4 Å². The van der Waals surface area contributed by atoms with Gasteiger partial charge >= 0.3 is 5.97 Å². The van der Waals surface area contributed by atoms with Gasteiger partial charge in [-0.05, 0) is 19.8 Å². The molecule has 1 N–H and O–H groups in total. The lowest BCUT2D eigenvalue weighted by molar-refractivity contribution is -0.177. The van der Waals surface area contributed by atoms with Gasteiger partial charge in [0.1, 0.15) is 5.78 Å². The van der Waals surface area contributed by atoms with Crippen molar-refractivity contribution in [1.29, 1.82) is 0 Å². The molecule has 0 aromatic rings. The largest absolute Gasteiger partial charge is 0.464 e. The number of aliphatic hydroxyl groups is 1. The molecule has 1 rings (SSSR count). The second-order valence-corrected chi connectivity index (χ2v) is 3.69. The highest BCUT2D eigenvalue weighted by molar-refractivity contribution is 5.91. The maximum absolute atomic E-state index is 11.5. The fourth-order valence-corrected chi connectivity index (χ4v) is 1.77. The zero-order valence-electron chi connectivity index (χ0n) is 8.58. The molecule has 0 amide bonds. The molecule has 0 heterocycles. The molecule has 4 heteroatoms. The van der Waals surface area contributed by atoms with Gasteiger partial charge in [-0.3, -0.25) is 4.79 Å². The van der Waals surface area contributed by atoms with Crippen molar-refractivity contribution in [2.24, 2.45) is 5.92 Å². The van der Waals surface area contributed by atoms with Crippen molar-refractivity contribution >= 4 is 11.8 Å². The number of Topliss-reactive ketones (excluding diaryl/α,β-unsaturated/α-hetero) is 1. The zero-order chi connectivity index (χ0) is 10.8. The summed E-state index contributed by atoms with van der Waals surface area (Å²) in [5.74, 6) is -1.37. The van der Waals surface area contributed by atoms with E-state index >= 15 is 0 Å². The lowest BCUT2D eigenvalue weighted by Gasteiger charge is -2.34. The minimum Gasteiger partial charge on any atom is -0.464 e. The Morgan fingerprint density at radius 3 is 2.93 bits per heavy atom. The van der Waals surface area contributed by atoms with Gasteiger partial charge in [-0.25, -0.2) is 4.79 Å². The summed E-state index contributed by atoms with van der Waals surface area (Å²) in [6.45, 7) is 3.48. The monoisotopic (exact) mass is 200 g/mol. The second kappa shape index (κ2) is 4.09. The highest BCUT2D eigenvalue weighted by atomic mass is 16.5. The molecule has 0 aromatic heterocycles. The van der Waals surface area contributed by atoms with Crippen LogP contribution in [0.4, 0.5) is 0 Å². The van der Waals surface area contributed by atoms with Crippen molar-refractivity contribution < 1.29 is 19.4 Å². The van der Waals surface area contributed by atoms with E-state index in [1.807, 2.05) is 0 Å². The smallest absolute Gasteiger partial charge is 0.338 e. The van der Waals surface area contributed by atoms with Crippen LogP contribution < -0.4 is 0 Å². The fraction of sp³-hybridized carbons (Fsp3) is 0.800. The maximum atomic E-state index is 11.5. The molecule has 14 heavy (non-hydrogen) atoms. The molecule has 1 fully saturated rings. The van der Waals surface area contributed by atoms with Crippen LogP contribution in [-0.4, -0.2) is 29.1 Å². The molecule has 0 saturated heterocycles. The number of ketones is 1. The van der Waals surface area contributed by atoms with Crippen molar-refractivity contribution in [3.8, 4) is 0 Å². The van der Waals surface area contributed by atoms with E-state index in [4.69, 9.17) is 4.74 Å². The Hall–Kier alpha value is -0.900. The summed E-state index contributed by atoms with van der Waals surface area (Å²) < 4.78 is 4.76. The third-order valence-electron chi connectivity index (χ3n) is 2.81.